The molecule has 0 unspecified atom stereocenters. The summed E-state index contributed by atoms with van der Waals surface area (Å²) < 4.78 is 0. The molecule has 0 spiro atoms. The molecule has 11 heavy (non-hydrogen) atoms. The summed E-state index contributed by atoms with van der Waals surface area (Å²) in [5.41, 5.74) is 1.48. The van der Waals surface area contributed by atoms with Gasteiger partial charge in [0.15, 0.2) is 0 Å². The topological polar surface area (TPSA) is 3.24 Å². The lowest BCUT2D eigenvalue weighted by Crippen LogP contribution is -2.28. The molecule has 1 heteroatoms. The maximum absolute atomic E-state index is 2.31. The number of rotatable bonds is 3. The van der Waals surface area contributed by atoms with Crippen LogP contribution in [0.4, 0.5) is 0 Å². The summed E-state index contributed by atoms with van der Waals surface area (Å²) in [4.78, 5) is 2.28. The second-order valence-corrected chi connectivity index (χ2v) is 3.23. The molecule has 62 valence electrons. The van der Waals surface area contributed by atoms with Gasteiger partial charge in [0.25, 0.3) is 0 Å². The smallest absolute Gasteiger partial charge is 0.0336 e. The van der Waals surface area contributed by atoms with Crippen LogP contribution in [0.15, 0.2) is 23.8 Å². The van der Waals surface area contributed by atoms with Crippen molar-refractivity contribution in [3.8, 4) is 0 Å². The van der Waals surface area contributed by atoms with Crippen LogP contribution >= 0.6 is 0 Å². The predicted octanol–water partition coefficient (Wildman–Crippen LogP) is 2.21. The molecule has 0 N–H and O–H groups in total. The maximum atomic E-state index is 2.31. The molecule has 0 bridgehead atoms. The van der Waals surface area contributed by atoms with Crippen molar-refractivity contribution in [2.45, 2.75) is 25.8 Å². The van der Waals surface area contributed by atoms with Gasteiger partial charge in [-0.2, -0.15) is 0 Å². The zero-order valence-electron chi connectivity index (χ0n) is 7.67. The van der Waals surface area contributed by atoms with Gasteiger partial charge < -0.3 is 4.90 Å². The molecule has 1 atom stereocenters. The van der Waals surface area contributed by atoms with E-state index in [0.29, 0.717) is 6.04 Å². The van der Waals surface area contributed by atoms with Crippen molar-refractivity contribution in [2.24, 2.45) is 0 Å². The second kappa shape index (κ2) is 3.72. The van der Waals surface area contributed by atoms with E-state index >= 15 is 0 Å². The fourth-order valence-electron chi connectivity index (χ4n) is 1.62. The third-order valence-electron chi connectivity index (χ3n) is 2.19. The van der Waals surface area contributed by atoms with E-state index < -0.39 is 0 Å². The van der Waals surface area contributed by atoms with Crippen molar-refractivity contribution < 1.29 is 0 Å². The van der Waals surface area contributed by atoms with Crippen molar-refractivity contribution in [1.82, 2.24) is 4.90 Å². The minimum Gasteiger partial charge on any atom is -0.302 e. The molecule has 0 aromatic carbocycles. The largest absolute Gasteiger partial charge is 0.302 e. The van der Waals surface area contributed by atoms with Crippen molar-refractivity contribution >= 4 is 0 Å². The van der Waals surface area contributed by atoms with Gasteiger partial charge in [-0.15, -0.1) is 0 Å². The van der Waals surface area contributed by atoms with Gasteiger partial charge in [-0.25, -0.2) is 0 Å². The normalized spacial score (nSPS) is 19.1. The molecular formula is C10H17N. The molecule has 0 aliphatic heterocycles. The highest BCUT2D eigenvalue weighted by Crippen LogP contribution is 2.18. The Hall–Kier alpha value is -0.560. The van der Waals surface area contributed by atoms with Crippen molar-refractivity contribution in [3.05, 3.63) is 23.8 Å². The lowest BCUT2D eigenvalue weighted by molar-refractivity contribution is 0.327. The second-order valence-electron chi connectivity index (χ2n) is 3.23. The van der Waals surface area contributed by atoms with Crippen LogP contribution < -0.4 is 0 Å². The van der Waals surface area contributed by atoms with Gasteiger partial charge in [0.05, 0.1) is 0 Å². The Morgan fingerprint density at radius 3 is 2.64 bits per heavy atom. The van der Waals surface area contributed by atoms with Gasteiger partial charge >= 0.3 is 0 Å². The highest BCUT2D eigenvalue weighted by atomic mass is 15.1. The third-order valence-corrected chi connectivity index (χ3v) is 2.19. The van der Waals surface area contributed by atoms with Gasteiger partial charge in [-0.1, -0.05) is 25.2 Å². The van der Waals surface area contributed by atoms with Crippen LogP contribution in [-0.4, -0.2) is 25.0 Å². The number of hydrogen-bond acceptors (Lipinski definition) is 1. The summed E-state index contributed by atoms with van der Waals surface area (Å²) in [6.45, 7) is 2.23. The average molecular weight is 151 g/mol. The van der Waals surface area contributed by atoms with E-state index in [-0.39, 0.29) is 0 Å². The van der Waals surface area contributed by atoms with Crippen LogP contribution in [0, 0.1) is 0 Å². The number of allylic oxidation sites excluding steroid dienone is 2. The Morgan fingerprint density at radius 2 is 2.27 bits per heavy atom. The molecule has 0 fully saturated rings. The van der Waals surface area contributed by atoms with E-state index in [1.54, 1.807) is 0 Å². The number of nitrogens with zero attached hydrogens (tertiary/aromatic N) is 1. The molecule has 0 aromatic heterocycles. The van der Waals surface area contributed by atoms with Crippen LogP contribution in [0.1, 0.15) is 19.8 Å². The molecule has 1 aliphatic rings. The molecule has 0 saturated heterocycles. The predicted molar refractivity (Wildman–Crippen MR) is 49.6 cm³/mol. The van der Waals surface area contributed by atoms with Crippen LogP contribution in [0.2, 0.25) is 0 Å². The van der Waals surface area contributed by atoms with Gasteiger partial charge in [-0.3, -0.25) is 0 Å². The standard InChI is InChI=1S/C10H17N/c1-4-10(11(2)3)9-7-5-6-8-9/h5,7-8,10H,4,6H2,1-3H3/t10-/m1/s1. The SMILES string of the molecule is CC[C@H](C1=CCC=C1)N(C)C. The quantitative estimate of drug-likeness (QED) is 0.597. The fourth-order valence-corrected chi connectivity index (χ4v) is 1.62. The van der Waals surface area contributed by atoms with Gasteiger partial charge in [0.2, 0.25) is 0 Å². The monoisotopic (exact) mass is 151 g/mol. The average Bonchev–Trinajstić information content (AvgIpc) is 2.40. The summed E-state index contributed by atoms with van der Waals surface area (Å²) in [5, 5.41) is 0. The number of likely N-dealkylation sites (N-methyl/N-ethyl adjacent to an activating group) is 1. The van der Waals surface area contributed by atoms with Crippen molar-refractivity contribution in [1.29, 1.82) is 0 Å². The first-order valence-electron chi connectivity index (χ1n) is 4.28. The first-order chi connectivity index (χ1) is 5.25. The van der Waals surface area contributed by atoms with Crippen LogP contribution in [0.3, 0.4) is 0 Å². The highest BCUT2D eigenvalue weighted by molar-refractivity contribution is 5.30. The summed E-state index contributed by atoms with van der Waals surface area (Å²) >= 11 is 0. The first kappa shape index (κ1) is 8.54. The van der Waals surface area contributed by atoms with E-state index in [0.717, 1.165) is 6.42 Å². The van der Waals surface area contributed by atoms with Gasteiger partial charge in [0, 0.05) is 6.04 Å². The highest BCUT2D eigenvalue weighted by Gasteiger charge is 2.13. The number of hydrogen-bond donors (Lipinski definition) is 0. The Bertz CT molecular complexity index is 177. The van der Waals surface area contributed by atoms with Crippen LogP contribution in [0.5, 0.6) is 0 Å². The van der Waals surface area contributed by atoms with Crippen LogP contribution in [0.25, 0.3) is 0 Å². The zero-order valence-corrected chi connectivity index (χ0v) is 7.67. The molecule has 1 aliphatic carbocycles. The van der Waals surface area contributed by atoms with E-state index in [4.69, 9.17) is 0 Å². The summed E-state index contributed by atoms with van der Waals surface area (Å²) in [7, 11) is 4.28. The lowest BCUT2D eigenvalue weighted by Gasteiger charge is -2.23. The Morgan fingerprint density at radius 1 is 1.55 bits per heavy atom. The fraction of sp³-hybridized carbons (Fsp3) is 0.600. The summed E-state index contributed by atoms with van der Waals surface area (Å²) in [6.07, 6.45) is 9.10. The molecule has 0 saturated carbocycles. The van der Waals surface area contributed by atoms with Crippen molar-refractivity contribution in [2.75, 3.05) is 14.1 Å². The maximum Gasteiger partial charge on any atom is 0.0336 e. The minimum atomic E-state index is 0.619. The molecular weight excluding hydrogens is 134 g/mol. The minimum absolute atomic E-state index is 0.619. The Balaban J connectivity index is 2.61. The first-order valence-corrected chi connectivity index (χ1v) is 4.28. The van der Waals surface area contributed by atoms with Gasteiger partial charge in [-0.05, 0) is 32.5 Å². The molecule has 1 rings (SSSR count). The van der Waals surface area contributed by atoms with E-state index in [2.05, 4.69) is 44.1 Å². The zero-order chi connectivity index (χ0) is 8.27. The molecule has 0 heterocycles. The van der Waals surface area contributed by atoms with Gasteiger partial charge in [0.1, 0.15) is 0 Å². The van der Waals surface area contributed by atoms with E-state index in [9.17, 15) is 0 Å². The lowest BCUT2D eigenvalue weighted by atomic mass is 10.1. The summed E-state index contributed by atoms with van der Waals surface area (Å²) in [6, 6.07) is 0.619. The van der Waals surface area contributed by atoms with Crippen LogP contribution in [-0.2, 0) is 0 Å². The van der Waals surface area contributed by atoms with Crippen molar-refractivity contribution in [3.63, 3.8) is 0 Å². The molecule has 0 aromatic rings. The van der Waals surface area contributed by atoms with E-state index in [1.807, 2.05) is 0 Å². The molecule has 0 radical (unpaired) electrons. The molecule has 1 nitrogen and oxygen atoms in total. The Labute approximate surface area is 69.4 Å². The third kappa shape index (κ3) is 1.93. The van der Waals surface area contributed by atoms with E-state index in [1.165, 1.54) is 12.0 Å². The molecule has 0 amide bonds. The summed E-state index contributed by atoms with van der Waals surface area (Å²) in [5.74, 6) is 0. The Kier molecular flexibility index (Phi) is 2.89.